The summed E-state index contributed by atoms with van der Waals surface area (Å²) in [6.07, 6.45) is 0. The van der Waals surface area contributed by atoms with Gasteiger partial charge in [-0.3, -0.25) is 0 Å². The highest BCUT2D eigenvalue weighted by Crippen LogP contribution is 2.27. The molecule has 3 nitrogen and oxygen atoms in total. The van der Waals surface area contributed by atoms with E-state index in [-0.39, 0.29) is 0 Å². The second-order valence-electron chi connectivity index (χ2n) is 3.96. The van der Waals surface area contributed by atoms with Gasteiger partial charge in [-0.25, -0.2) is 0 Å². The standard InChI is InChI=1S/C13H14ClN3/c1-9-10(2)13(16-15-12(9)14)17(3)11-7-5-4-6-8-11/h4-8H,1-3H3. The number of halogens is 1. The summed E-state index contributed by atoms with van der Waals surface area (Å²) in [7, 11) is 1.97. The molecule has 0 aliphatic carbocycles. The fraction of sp³-hybridized carbons (Fsp3) is 0.231. The van der Waals surface area contributed by atoms with Crippen LogP contribution < -0.4 is 4.90 Å². The zero-order chi connectivity index (χ0) is 12.4. The van der Waals surface area contributed by atoms with Gasteiger partial charge >= 0.3 is 0 Å². The maximum atomic E-state index is 5.94. The van der Waals surface area contributed by atoms with Crippen molar-refractivity contribution in [3.63, 3.8) is 0 Å². The van der Waals surface area contributed by atoms with E-state index in [0.717, 1.165) is 22.6 Å². The maximum absolute atomic E-state index is 5.94. The summed E-state index contributed by atoms with van der Waals surface area (Å²) in [5, 5.41) is 8.58. The van der Waals surface area contributed by atoms with Crippen molar-refractivity contribution in [3.8, 4) is 0 Å². The van der Waals surface area contributed by atoms with E-state index in [1.165, 1.54) is 0 Å². The highest BCUT2D eigenvalue weighted by atomic mass is 35.5. The summed E-state index contributed by atoms with van der Waals surface area (Å²) in [6.45, 7) is 3.96. The normalized spacial score (nSPS) is 10.4. The van der Waals surface area contributed by atoms with Crippen LogP contribution in [-0.4, -0.2) is 17.2 Å². The van der Waals surface area contributed by atoms with Crippen molar-refractivity contribution in [1.82, 2.24) is 10.2 Å². The maximum Gasteiger partial charge on any atom is 0.158 e. The van der Waals surface area contributed by atoms with E-state index < -0.39 is 0 Å². The molecular weight excluding hydrogens is 234 g/mol. The number of aromatic nitrogens is 2. The highest BCUT2D eigenvalue weighted by Gasteiger charge is 2.12. The van der Waals surface area contributed by atoms with Crippen LogP contribution in [0.5, 0.6) is 0 Å². The van der Waals surface area contributed by atoms with Crippen molar-refractivity contribution in [2.24, 2.45) is 0 Å². The second-order valence-corrected chi connectivity index (χ2v) is 4.32. The third-order valence-corrected chi connectivity index (χ3v) is 3.26. The van der Waals surface area contributed by atoms with Gasteiger partial charge in [0.1, 0.15) is 0 Å². The Morgan fingerprint density at radius 2 is 1.65 bits per heavy atom. The molecule has 0 atom stereocenters. The SMILES string of the molecule is Cc1c(Cl)nnc(N(C)c2ccccc2)c1C. The molecular formula is C13H14ClN3. The summed E-state index contributed by atoms with van der Waals surface area (Å²) in [6, 6.07) is 10.0. The van der Waals surface area contributed by atoms with E-state index in [9.17, 15) is 0 Å². The molecule has 0 spiro atoms. The van der Waals surface area contributed by atoms with Crippen molar-refractivity contribution in [3.05, 3.63) is 46.6 Å². The Kier molecular flexibility index (Phi) is 3.29. The lowest BCUT2D eigenvalue weighted by molar-refractivity contribution is 0.957. The van der Waals surface area contributed by atoms with Crippen molar-refractivity contribution >= 4 is 23.1 Å². The summed E-state index contributed by atoms with van der Waals surface area (Å²) < 4.78 is 0. The number of hydrogen-bond acceptors (Lipinski definition) is 3. The molecule has 0 fully saturated rings. The Labute approximate surface area is 106 Å². The molecule has 4 heteroatoms. The van der Waals surface area contributed by atoms with Gasteiger partial charge in [0, 0.05) is 12.7 Å². The second kappa shape index (κ2) is 4.72. The van der Waals surface area contributed by atoms with Gasteiger partial charge < -0.3 is 4.90 Å². The van der Waals surface area contributed by atoms with Crippen molar-refractivity contribution in [2.75, 3.05) is 11.9 Å². The lowest BCUT2D eigenvalue weighted by Gasteiger charge is -2.20. The van der Waals surface area contributed by atoms with E-state index >= 15 is 0 Å². The number of anilines is 2. The molecule has 1 aromatic carbocycles. The minimum atomic E-state index is 0.465. The van der Waals surface area contributed by atoms with E-state index in [1.54, 1.807) is 0 Å². The Balaban J connectivity index is 2.45. The van der Waals surface area contributed by atoms with Crippen LogP contribution >= 0.6 is 11.6 Å². The Morgan fingerprint density at radius 3 is 2.29 bits per heavy atom. The average molecular weight is 248 g/mol. The van der Waals surface area contributed by atoms with Gasteiger partial charge in [0.2, 0.25) is 0 Å². The molecule has 1 aromatic heterocycles. The van der Waals surface area contributed by atoms with Gasteiger partial charge in [0.15, 0.2) is 11.0 Å². The molecule has 0 saturated carbocycles. The third kappa shape index (κ3) is 2.24. The fourth-order valence-electron chi connectivity index (χ4n) is 1.66. The summed E-state index contributed by atoms with van der Waals surface area (Å²) >= 11 is 5.94. The smallest absolute Gasteiger partial charge is 0.158 e. The lowest BCUT2D eigenvalue weighted by atomic mass is 10.2. The summed E-state index contributed by atoms with van der Waals surface area (Å²) in [5.74, 6) is 0.832. The van der Waals surface area contributed by atoms with Crippen LogP contribution in [0.1, 0.15) is 11.1 Å². The number of para-hydroxylation sites is 1. The number of hydrogen-bond donors (Lipinski definition) is 0. The van der Waals surface area contributed by atoms with Crippen molar-refractivity contribution in [1.29, 1.82) is 0 Å². The first-order chi connectivity index (χ1) is 8.11. The zero-order valence-corrected chi connectivity index (χ0v) is 10.9. The molecule has 0 aliphatic rings. The molecule has 0 aliphatic heterocycles. The molecule has 0 saturated heterocycles. The molecule has 0 N–H and O–H groups in total. The van der Waals surface area contributed by atoms with E-state index in [4.69, 9.17) is 11.6 Å². The average Bonchev–Trinajstić information content (AvgIpc) is 2.36. The number of rotatable bonds is 2. The number of benzene rings is 1. The predicted molar refractivity (Wildman–Crippen MR) is 71.0 cm³/mol. The first-order valence-electron chi connectivity index (χ1n) is 5.39. The number of nitrogens with zero attached hydrogens (tertiary/aromatic N) is 3. The molecule has 0 bridgehead atoms. The Morgan fingerprint density at radius 1 is 1.00 bits per heavy atom. The van der Waals surface area contributed by atoms with Gasteiger partial charge in [0.05, 0.1) is 0 Å². The van der Waals surface area contributed by atoms with Crippen LogP contribution in [0.4, 0.5) is 11.5 Å². The Hall–Kier alpha value is -1.61. The molecule has 0 unspecified atom stereocenters. The van der Waals surface area contributed by atoms with E-state index in [0.29, 0.717) is 5.15 Å². The van der Waals surface area contributed by atoms with Crippen LogP contribution in [0, 0.1) is 13.8 Å². The predicted octanol–water partition coefficient (Wildman–Crippen LogP) is 3.51. The minimum Gasteiger partial charge on any atom is -0.328 e. The summed E-state index contributed by atoms with van der Waals surface area (Å²) in [5.41, 5.74) is 3.10. The topological polar surface area (TPSA) is 29.0 Å². The largest absolute Gasteiger partial charge is 0.328 e. The van der Waals surface area contributed by atoms with Crippen LogP contribution in [-0.2, 0) is 0 Å². The first kappa shape index (κ1) is 11.9. The van der Waals surface area contributed by atoms with Crippen LogP contribution in [0.3, 0.4) is 0 Å². The van der Waals surface area contributed by atoms with E-state index in [2.05, 4.69) is 10.2 Å². The summed E-state index contributed by atoms with van der Waals surface area (Å²) in [4.78, 5) is 2.01. The van der Waals surface area contributed by atoms with Gasteiger partial charge in [-0.2, -0.15) is 0 Å². The van der Waals surface area contributed by atoms with Crippen LogP contribution in [0.2, 0.25) is 5.15 Å². The zero-order valence-electron chi connectivity index (χ0n) is 10.1. The van der Waals surface area contributed by atoms with Crippen LogP contribution in [0.25, 0.3) is 0 Å². The fourth-order valence-corrected chi connectivity index (χ4v) is 1.84. The highest BCUT2D eigenvalue weighted by molar-refractivity contribution is 6.30. The van der Waals surface area contributed by atoms with E-state index in [1.807, 2.05) is 56.1 Å². The molecule has 2 rings (SSSR count). The first-order valence-corrected chi connectivity index (χ1v) is 5.77. The molecule has 88 valence electrons. The lowest BCUT2D eigenvalue weighted by Crippen LogP contribution is -2.14. The van der Waals surface area contributed by atoms with Crippen molar-refractivity contribution in [2.45, 2.75) is 13.8 Å². The van der Waals surface area contributed by atoms with Crippen LogP contribution in [0.15, 0.2) is 30.3 Å². The molecule has 1 heterocycles. The molecule has 17 heavy (non-hydrogen) atoms. The quantitative estimate of drug-likeness (QED) is 0.813. The monoisotopic (exact) mass is 247 g/mol. The van der Waals surface area contributed by atoms with Gasteiger partial charge in [0.25, 0.3) is 0 Å². The van der Waals surface area contributed by atoms with Gasteiger partial charge in [-0.05, 0) is 37.1 Å². The molecule has 2 aromatic rings. The molecule has 0 amide bonds. The Bertz CT molecular complexity index is 526. The van der Waals surface area contributed by atoms with Gasteiger partial charge in [-0.1, -0.05) is 29.8 Å². The van der Waals surface area contributed by atoms with Crippen molar-refractivity contribution < 1.29 is 0 Å². The minimum absolute atomic E-state index is 0.465. The van der Waals surface area contributed by atoms with Gasteiger partial charge in [-0.15, -0.1) is 10.2 Å². The third-order valence-electron chi connectivity index (χ3n) is 2.90. The molecule has 0 radical (unpaired) electrons.